The molecule has 1 saturated heterocycles. The van der Waals surface area contributed by atoms with Gasteiger partial charge in [-0.05, 0) is 57.9 Å². The van der Waals surface area contributed by atoms with Crippen LogP contribution < -0.4 is 4.74 Å². The molecule has 8 heteroatoms. The molecule has 1 N–H and O–H groups in total. The fraction of sp³-hybridized carbons (Fsp3) is 0.611. The van der Waals surface area contributed by atoms with Crippen molar-refractivity contribution >= 4 is 6.09 Å². The minimum absolute atomic E-state index is 0.188. The van der Waals surface area contributed by atoms with Gasteiger partial charge in [0, 0.05) is 0 Å². The Labute approximate surface area is 150 Å². The van der Waals surface area contributed by atoms with E-state index in [1.54, 1.807) is 20.8 Å². The molecule has 0 aromatic heterocycles. The van der Waals surface area contributed by atoms with Gasteiger partial charge in [-0.3, -0.25) is 4.90 Å². The molecule has 1 fully saturated rings. The number of nitrogens with zero attached hydrogens (tertiary/aromatic N) is 1. The van der Waals surface area contributed by atoms with Gasteiger partial charge in [0.1, 0.15) is 17.5 Å². The van der Waals surface area contributed by atoms with Crippen molar-refractivity contribution in [1.29, 1.82) is 0 Å². The lowest BCUT2D eigenvalue weighted by Crippen LogP contribution is -2.53. The number of hydrogen-bond donors (Lipinski definition) is 1. The van der Waals surface area contributed by atoms with Crippen LogP contribution in [0.15, 0.2) is 24.3 Å². The minimum atomic E-state index is -4.40. The number of amides is 1. The lowest BCUT2D eigenvalue weighted by Gasteiger charge is -2.39. The molecule has 1 amide bonds. The van der Waals surface area contributed by atoms with Crippen LogP contribution in [0.4, 0.5) is 18.0 Å². The lowest BCUT2D eigenvalue weighted by molar-refractivity contribution is -0.137. The van der Waals surface area contributed by atoms with E-state index in [9.17, 15) is 23.1 Å². The Morgan fingerprint density at radius 1 is 1.19 bits per heavy atom. The first-order valence-electron chi connectivity index (χ1n) is 8.44. The van der Waals surface area contributed by atoms with Crippen molar-refractivity contribution in [3.63, 3.8) is 0 Å². The molecule has 0 saturated carbocycles. The SMILES string of the molecule is CC(C)(C)OC(=O)N1C[C@@H](Oc2ccc(C(F)(F)F)cc2)CC[C@H]1CO. The number of likely N-dealkylation sites (tertiary alicyclic amines) is 1. The lowest BCUT2D eigenvalue weighted by atomic mass is 10.0. The van der Waals surface area contributed by atoms with E-state index < -0.39 is 23.4 Å². The second-order valence-electron chi connectivity index (χ2n) is 7.31. The van der Waals surface area contributed by atoms with Crippen LogP contribution in [-0.2, 0) is 10.9 Å². The molecule has 0 spiro atoms. The normalized spacial score (nSPS) is 21.4. The minimum Gasteiger partial charge on any atom is -0.489 e. The molecule has 2 atom stereocenters. The van der Waals surface area contributed by atoms with Crippen LogP contribution in [0.5, 0.6) is 5.75 Å². The highest BCUT2D eigenvalue weighted by molar-refractivity contribution is 5.68. The van der Waals surface area contributed by atoms with E-state index in [1.165, 1.54) is 17.0 Å². The number of piperidine rings is 1. The summed E-state index contributed by atoms with van der Waals surface area (Å²) in [7, 11) is 0. The van der Waals surface area contributed by atoms with Crippen LogP contribution in [0.25, 0.3) is 0 Å². The molecule has 0 bridgehead atoms. The number of alkyl halides is 3. The maximum Gasteiger partial charge on any atom is 0.416 e. The molecule has 146 valence electrons. The summed E-state index contributed by atoms with van der Waals surface area (Å²) in [4.78, 5) is 13.8. The molecule has 1 heterocycles. The molecular weight excluding hydrogens is 351 g/mol. The van der Waals surface area contributed by atoms with Gasteiger partial charge < -0.3 is 14.6 Å². The Hall–Kier alpha value is -1.96. The summed E-state index contributed by atoms with van der Waals surface area (Å²) < 4.78 is 48.9. The van der Waals surface area contributed by atoms with Gasteiger partial charge in [0.05, 0.1) is 24.8 Å². The summed E-state index contributed by atoms with van der Waals surface area (Å²) in [6.07, 6.45) is -4.24. The van der Waals surface area contributed by atoms with Crippen LogP contribution >= 0.6 is 0 Å². The summed E-state index contributed by atoms with van der Waals surface area (Å²) >= 11 is 0. The molecule has 0 aliphatic carbocycles. The molecule has 2 rings (SSSR count). The van der Waals surface area contributed by atoms with E-state index in [0.29, 0.717) is 18.6 Å². The van der Waals surface area contributed by atoms with Gasteiger partial charge in [0.15, 0.2) is 0 Å². The van der Waals surface area contributed by atoms with Crippen LogP contribution in [-0.4, -0.2) is 47.0 Å². The number of aliphatic hydroxyl groups excluding tert-OH is 1. The average Bonchev–Trinajstić information content (AvgIpc) is 2.53. The van der Waals surface area contributed by atoms with E-state index in [4.69, 9.17) is 9.47 Å². The fourth-order valence-corrected chi connectivity index (χ4v) is 2.74. The van der Waals surface area contributed by atoms with Gasteiger partial charge >= 0.3 is 12.3 Å². The third-order valence-corrected chi connectivity index (χ3v) is 3.99. The molecule has 1 aliphatic rings. The first-order chi connectivity index (χ1) is 12.0. The Balaban J connectivity index is 2.03. The van der Waals surface area contributed by atoms with E-state index in [0.717, 1.165) is 12.1 Å². The standard InChI is InChI=1S/C18H24F3NO4/c1-17(2,3)26-16(24)22-10-15(9-6-13(22)11-23)25-14-7-4-12(5-8-14)18(19,20)21/h4-5,7-8,13,15,23H,6,9-11H2,1-3H3/t13-,15-/m0/s1. The average molecular weight is 375 g/mol. The smallest absolute Gasteiger partial charge is 0.416 e. The predicted octanol–water partition coefficient (Wildman–Crippen LogP) is 3.84. The number of aliphatic hydroxyl groups is 1. The summed E-state index contributed by atoms with van der Waals surface area (Å²) in [5.41, 5.74) is -1.41. The van der Waals surface area contributed by atoms with E-state index in [2.05, 4.69) is 0 Å². The Morgan fingerprint density at radius 2 is 1.81 bits per heavy atom. The van der Waals surface area contributed by atoms with Crippen molar-refractivity contribution in [1.82, 2.24) is 4.90 Å². The predicted molar refractivity (Wildman–Crippen MR) is 88.9 cm³/mol. The zero-order valence-electron chi connectivity index (χ0n) is 15.0. The number of benzene rings is 1. The van der Waals surface area contributed by atoms with Crippen molar-refractivity contribution in [2.24, 2.45) is 0 Å². The quantitative estimate of drug-likeness (QED) is 0.872. The summed E-state index contributed by atoms with van der Waals surface area (Å²) in [6, 6.07) is 4.08. The first kappa shape index (κ1) is 20.4. The van der Waals surface area contributed by atoms with Gasteiger partial charge in [0.25, 0.3) is 0 Å². The van der Waals surface area contributed by atoms with Crippen molar-refractivity contribution < 1.29 is 32.5 Å². The number of hydrogen-bond acceptors (Lipinski definition) is 4. The summed E-state index contributed by atoms with van der Waals surface area (Å²) in [6.45, 7) is 5.25. The van der Waals surface area contributed by atoms with Gasteiger partial charge in [-0.25, -0.2) is 4.79 Å². The van der Waals surface area contributed by atoms with Crippen molar-refractivity contribution in [3.8, 4) is 5.75 Å². The first-order valence-corrected chi connectivity index (χ1v) is 8.44. The number of carbonyl (C=O) groups is 1. The fourth-order valence-electron chi connectivity index (χ4n) is 2.74. The van der Waals surface area contributed by atoms with Gasteiger partial charge in [-0.2, -0.15) is 13.2 Å². The third kappa shape index (κ3) is 5.52. The maximum atomic E-state index is 12.6. The Morgan fingerprint density at radius 3 is 2.31 bits per heavy atom. The number of ether oxygens (including phenoxy) is 2. The third-order valence-electron chi connectivity index (χ3n) is 3.99. The number of rotatable bonds is 3. The maximum absolute atomic E-state index is 12.6. The van der Waals surface area contributed by atoms with Gasteiger partial charge in [-0.1, -0.05) is 0 Å². The monoisotopic (exact) mass is 375 g/mol. The van der Waals surface area contributed by atoms with E-state index in [-0.39, 0.29) is 25.3 Å². The summed E-state index contributed by atoms with van der Waals surface area (Å²) in [5, 5.41) is 9.49. The molecule has 1 aromatic carbocycles. The zero-order chi connectivity index (χ0) is 19.5. The topological polar surface area (TPSA) is 59.0 Å². The van der Waals surface area contributed by atoms with Crippen LogP contribution in [0.3, 0.4) is 0 Å². The Bertz CT molecular complexity index is 610. The van der Waals surface area contributed by atoms with E-state index in [1.807, 2.05) is 0 Å². The van der Waals surface area contributed by atoms with E-state index >= 15 is 0 Å². The number of carbonyl (C=O) groups excluding carboxylic acids is 1. The highest BCUT2D eigenvalue weighted by Crippen LogP contribution is 2.31. The molecule has 1 aliphatic heterocycles. The molecule has 0 radical (unpaired) electrons. The molecule has 5 nitrogen and oxygen atoms in total. The second kappa shape index (κ2) is 7.73. The number of halogens is 3. The zero-order valence-corrected chi connectivity index (χ0v) is 15.0. The van der Waals surface area contributed by atoms with Gasteiger partial charge in [-0.15, -0.1) is 0 Å². The van der Waals surface area contributed by atoms with Crippen molar-refractivity contribution in [2.75, 3.05) is 13.2 Å². The van der Waals surface area contributed by atoms with Crippen LogP contribution in [0.2, 0.25) is 0 Å². The summed E-state index contributed by atoms with van der Waals surface area (Å²) in [5.74, 6) is 0.301. The molecule has 26 heavy (non-hydrogen) atoms. The van der Waals surface area contributed by atoms with Crippen molar-refractivity contribution in [3.05, 3.63) is 29.8 Å². The largest absolute Gasteiger partial charge is 0.489 e. The Kier molecular flexibility index (Phi) is 6.05. The van der Waals surface area contributed by atoms with Crippen LogP contribution in [0, 0.1) is 0 Å². The molecule has 0 unspecified atom stereocenters. The second-order valence-corrected chi connectivity index (χ2v) is 7.31. The van der Waals surface area contributed by atoms with Crippen molar-refractivity contribution in [2.45, 2.75) is 57.5 Å². The van der Waals surface area contributed by atoms with Crippen LogP contribution in [0.1, 0.15) is 39.2 Å². The highest BCUT2D eigenvalue weighted by Gasteiger charge is 2.35. The highest BCUT2D eigenvalue weighted by atomic mass is 19.4. The molecular formula is C18H24F3NO4. The molecule has 1 aromatic rings. The van der Waals surface area contributed by atoms with Gasteiger partial charge in [0.2, 0.25) is 0 Å².